The molecule has 0 aromatic carbocycles. The Kier molecular flexibility index (Phi) is 3.98. The van der Waals surface area contributed by atoms with Crippen molar-refractivity contribution in [3.05, 3.63) is 0 Å². The van der Waals surface area contributed by atoms with Crippen molar-refractivity contribution in [2.75, 3.05) is 13.7 Å². The van der Waals surface area contributed by atoms with Crippen molar-refractivity contribution in [3.8, 4) is 0 Å². The standard InChI is InChI=1S/C9H19NO2/c1-7(2)11-6-8-4-5-9(10-3)12-8/h7-10H,4-6H2,1-3H3. The molecule has 1 rings (SSSR count). The van der Waals surface area contributed by atoms with E-state index in [1.54, 1.807) is 0 Å². The van der Waals surface area contributed by atoms with Gasteiger partial charge in [0.05, 0.1) is 18.8 Å². The van der Waals surface area contributed by atoms with Gasteiger partial charge in [0.1, 0.15) is 6.23 Å². The molecule has 72 valence electrons. The molecule has 0 amide bonds. The molecule has 2 unspecified atom stereocenters. The highest BCUT2D eigenvalue weighted by molar-refractivity contribution is 4.70. The van der Waals surface area contributed by atoms with Gasteiger partial charge in [-0.3, -0.25) is 5.32 Å². The second-order valence-corrected chi connectivity index (χ2v) is 3.49. The Morgan fingerprint density at radius 1 is 1.50 bits per heavy atom. The lowest BCUT2D eigenvalue weighted by Crippen LogP contribution is -2.26. The average Bonchev–Trinajstić information content (AvgIpc) is 2.48. The first-order valence-corrected chi connectivity index (χ1v) is 4.66. The van der Waals surface area contributed by atoms with Gasteiger partial charge in [-0.05, 0) is 33.7 Å². The number of hydrogen-bond acceptors (Lipinski definition) is 3. The van der Waals surface area contributed by atoms with E-state index in [1.807, 2.05) is 20.9 Å². The van der Waals surface area contributed by atoms with Crippen LogP contribution in [-0.4, -0.2) is 32.1 Å². The van der Waals surface area contributed by atoms with E-state index in [2.05, 4.69) is 5.32 Å². The van der Waals surface area contributed by atoms with E-state index in [0.717, 1.165) is 19.4 Å². The molecule has 3 nitrogen and oxygen atoms in total. The van der Waals surface area contributed by atoms with Gasteiger partial charge in [0.15, 0.2) is 0 Å². The normalized spacial score (nSPS) is 30.0. The largest absolute Gasteiger partial charge is 0.376 e. The molecule has 12 heavy (non-hydrogen) atoms. The van der Waals surface area contributed by atoms with E-state index in [-0.39, 0.29) is 6.23 Å². The molecule has 1 fully saturated rings. The number of hydrogen-bond donors (Lipinski definition) is 1. The third-order valence-electron chi connectivity index (χ3n) is 2.04. The summed E-state index contributed by atoms with van der Waals surface area (Å²) in [4.78, 5) is 0. The second-order valence-electron chi connectivity index (χ2n) is 3.49. The summed E-state index contributed by atoms with van der Waals surface area (Å²) < 4.78 is 11.1. The Hall–Kier alpha value is -0.120. The van der Waals surface area contributed by atoms with Gasteiger partial charge in [0, 0.05) is 0 Å². The molecule has 1 aliphatic rings. The molecule has 2 atom stereocenters. The highest BCUT2D eigenvalue weighted by atomic mass is 16.6. The lowest BCUT2D eigenvalue weighted by atomic mass is 10.2. The molecule has 1 N–H and O–H groups in total. The van der Waals surface area contributed by atoms with Crippen LogP contribution in [0.5, 0.6) is 0 Å². The third kappa shape index (κ3) is 3.09. The van der Waals surface area contributed by atoms with E-state index in [9.17, 15) is 0 Å². The molecule has 0 bridgehead atoms. The van der Waals surface area contributed by atoms with Crippen LogP contribution in [0.3, 0.4) is 0 Å². The molecule has 3 heteroatoms. The summed E-state index contributed by atoms with van der Waals surface area (Å²) in [5.41, 5.74) is 0. The van der Waals surface area contributed by atoms with E-state index in [0.29, 0.717) is 12.2 Å². The SMILES string of the molecule is CNC1CCC(COC(C)C)O1. The molecule has 1 saturated heterocycles. The molecule has 0 aliphatic carbocycles. The van der Waals surface area contributed by atoms with Crippen molar-refractivity contribution in [1.82, 2.24) is 5.32 Å². The number of rotatable bonds is 4. The highest BCUT2D eigenvalue weighted by Crippen LogP contribution is 2.17. The minimum atomic E-state index is 0.241. The highest BCUT2D eigenvalue weighted by Gasteiger charge is 2.23. The Morgan fingerprint density at radius 2 is 2.25 bits per heavy atom. The first-order valence-electron chi connectivity index (χ1n) is 4.66. The van der Waals surface area contributed by atoms with Crippen molar-refractivity contribution in [3.63, 3.8) is 0 Å². The Morgan fingerprint density at radius 3 is 2.75 bits per heavy atom. The van der Waals surface area contributed by atoms with Crippen molar-refractivity contribution in [1.29, 1.82) is 0 Å². The van der Waals surface area contributed by atoms with Gasteiger partial charge in [-0.1, -0.05) is 0 Å². The van der Waals surface area contributed by atoms with Gasteiger partial charge in [-0.25, -0.2) is 0 Å². The van der Waals surface area contributed by atoms with Gasteiger partial charge >= 0.3 is 0 Å². The zero-order valence-corrected chi connectivity index (χ0v) is 8.17. The smallest absolute Gasteiger partial charge is 0.108 e. The maximum atomic E-state index is 5.62. The fraction of sp³-hybridized carbons (Fsp3) is 1.00. The zero-order valence-electron chi connectivity index (χ0n) is 8.17. The van der Waals surface area contributed by atoms with Crippen LogP contribution in [0, 0.1) is 0 Å². The molecule has 1 heterocycles. The molecule has 1 aliphatic heterocycles. The topological polar surface area (TPSA) is 30.5 Å². The number of ether oxygens (including phenoxy) is 2. The minimum Gasteiger partial charge on any atom is -0.376 e. The van der Waals surface area contributed by atoms with Gasteiger partial charge < -0.3 is 9.47 Å². The Balaban J connectivity index is 2.11. The summed E-state index contributed by atoms with van der Waals surface area (Å²) in [6.07, 6.45) is 3.05. The van der Waals surface area contributed by atoms with Crippen LogP contribution >= 0.6 is 0 Å². The summed E-state index contributed by atoms with van der Waals surface area (Å²) in [5, 5.41) is 3.10. The van der Waals surface area contributed by atoms with Gasteiger partial charge in [-0.15, -0.1) is 0 Å². The van der Waals surface area contributed by atoms with Crippen LogP contribution in [0.2, 0.25) is 0 Å². The molecule has 0 saturated carbocycles. The average molecular weight is 173 g/mol. The third-order valence-corrected chi connectivity index (χ3v) is 2.04. The van der Waals surface area contributed by atoms with Crippen LogP contribution in [-0.2, 0) is 9.47 Å². The molecule has 0 radical (unpaired) electrons. The summed E-state index contributed by atoms with van der Waals surface area (Å²) in [5.74, 6) is 0. The Labute approximate surface area is 74.4 Å². The minimum absolute atomic E-state index is 0.241. The first-order chi connectivity index (χ1) is 5.72. The predicted molar refractivity (Wildman–Crippen MR) is 48.0 cm³/mol. The van der Waals surface area contributed by atoms with Crippen LogP contribution in [0.25, 0.3) is 0 Å². The monoisotopic (exact) mass is 173 g/mol. The molecular weight excluding hydrogens is 154 g/mol. The van der Waals surface area contributed by atoms with E-state index in [1.165, 1.54) is 0 Å². The van der Waals surface area contributed by atoms with Crippen molar-refractivity contribution >= 4 is 0 Å². The van der Waals surface area contributed by atoms with Crippen molar-refractivity contribution in [2.24, 2.45) is 0 Å². The number of nitrogens with one attached hydrogen (secondary N) is 1. The van der Waals surface area contributed by atoms with Crippen LogP contribution in [0.15, 0.2) is 0 Å². The fourth-order valence-corrected chi connectivity index (χ4v) is 1.34. The molecule has 0 aromatic rings. The maximum Gasteiger partial charge on any atom is 0.108 e. The summed E-state index contributed by atoms with van der Waals surface area (Å²) >= 11 is 0. The van der Waals surface area contributed by atoms with Gasteiger partial charge in [-0.2, -0.15) is 0 Å². The molecular formula is C9H19NO2. The van der Waals surface area contributed by atoms with Crippen LogP contribution in [0.1, 0.15) is 26.7 Å². The maximum absolute atomic E-state index is 5.62. The fourth-order valence-electron chi connectivity index (χ4n) is 1.34. The second kappa shape index (κ2) is 4.80. The lowest BCUT2D eigenvalue weighted by molar-refractivity contribution is -0.0387. The van der Waals surface area contributed by atoms with Gasteiger partial charge in [0.2, 0.25) is 0 Å². The first kappa shape index (κ1) is 9.96. The van der Waals surface area contributed by atoms with Crippen LogP contribution < -0.4 is 5.32 Å². The molecule has 0 aromatic heterocycles. The summed E-state index contributed by atoms with van der Waals surface area (Å²) in [6.45, 7) is 4.82. The predicted octanol–water partition coefficient (Wildman–Crippen LogP) is 1.14. The van der Waals surface area contributed by atoms with E-state index >= 15 is 0 Å². The summed E-state index contributed by atoms with van der Waals surface area (Å²) in [7, 11) is 1.93. The van der Waals surface area contributed by atoms with E-state index in [4.69, 9.17) is 9.47 Å². The van der Waals surface area contributed by atoms with E-state index < -0.39 is 0 Å². The molecule has 0 spiro atoms. The quantitative estimate of drug-likeness (QED) is 0.691. The van der Waals surface area contributed by atoms with Crippen molar-refractivity contribution in [2.45, 2.75) is 45.1 Å². The summed E-state index contributed by atoms with van der Waals surface area (Å²) in [6, 6.07) is 0. The van der Waals surface area contributed by atoms with Crippen LogP contribution in [0.4, 0.5) is 0 Å². The lowest BCUT2D eigenvalue weighted by Gasteiger charge is -2.14. The van der Waals surface area contributed by atoms with Crippen molar-refractivity contribution < 1.29 is 9.47 Å². The van der Waals surface area contributed by atoms with Gasteiger partial charge in [0.25, 0.3) is 0 Å². The Bertz CT molecular complexity index is 128. The zero-order chi connectivity index (χ0) is 8.97.